The van der Waals surface area contributed by atoms with E-state index in [2.05, 4.69) is 11.7 Å². The maximum atomic E-state index is 11.7. The highest BCUT2D eigenvalue weighted by Crippen LogP contribution is 2.16. The van der Waals surface area contributed by atoms with Crippen molar-refractivity contribution in [2.24, 2.45) is 0 Å². The fourth-order valence-corrected chi connectivity index (χ4v) is 1.48. The summed E-state index contributed by atoms with van der Waals surface area (Å²) in [6.07, 6.45) is 3.40. The van der Waals surface area contributed by atoms with Gasteiger partial charge in [0, 0.05) is 0 Å². The van der Waals surface area contributed by atoms with E-state index in [0.29, 0.717) is 6.42 Å². The molecule has 0 atom stereocenters. The quantitative estimate of drug-likeness (QED) is 0.454. The van der Waals surface area contributed by atoms with Gasteiger partial charge < -0.3 is 4.74 Å². The number of carbonyl (C=O) groups excluding carboxylic acids is 1. The van der Waals surface area contributed by atoms with E-state index in [-0.39, 0.29) is 6.61 Å². The van der Waals surface area contributed by atoms with Gasteiger partial charge in [-0.05, 0) is 6.42 Å². The molecule has 0 heterocycles. The summed E-state index contributed by atoms with van der Waals surface area (Å²) >= 11 is 0. The second-order valence-corrected chi connectivity index (χ2v) is 4.11. The lowest BCUT2D eigenvalue weighted by Gasteiger charge is -2.06. The molecule has 0 radical (unpaired) electrons. The van der Waals surface area contributed by atoms with Crippen molar-refractivity contribution in [3.63, 3.8) is 0 Å². The highest BCUT2D eigenvalue weighted by molar-refractivity contribution is 5.75. The molecule has 0 unspecified atom stereocenters. The Hall–Kier alpha value is -0.740. The molecule has 5 heteroatoms. The smallest absolute Gasteiger partial charge is 0.459 e. The predicted molar refractivity (Wildman–Crippen MR) is 59.6 cm³/mol. The molecular weight excluding hydrogens is 233 g/mol. The van der Waals surface area contributed by atoms with E-state index < -0.39 is 12.1 Å². The van der Waals surface area contributed by atoms with Crippen LogP contribution in [0.1, 0.15) is 58.3 Å². The molecule has 0 N–H and O–H groups in total. The highest BCUT2D eigenvalue weighted by atomic mass is 19.4. The van der Waals surface area contributed by atoms with Gasteiger partial charge in [0.2, 0.25) is 0 Å². The van der Waals surface area contributed by atoms with Crippen LogP contribution in [0, 0.1) is 0 Å². The van der Waals surface area contributed by atoms with Gasteiger partial charge in [0.05, 0.1) is 6.61 Å². The summed E-state index contributed by atoms with van der Waals surface area (Å²) < 4.78 is 39.3. The Bertz CT molecular complexity index is 202. The first kappa shape index (κ1) is 16.3. The van der Waals surface area contributed by atoms with E-state index in [0.717, 1.165) is 19.3 Å². The molecule has 0 aromatic carbocycles. The van der Waals surface area contributed by atoms with Crippen molar-refractivity contribution in [3.05, 3.63) is 0 Å². The van der Waals surface area contributed by atoms with Gasteiger partial charge >= 0.3 is 12.1 Å². The van der Waals surface area contributed by atoms with Crippen LogP contribution < -0.4 is 0 Å². The maximum absolute atomic E-state index is 11.7. The number of ether oxygens (including phenoxy) is 1. The minimum Gasteiger partial charge on any atom is -0.459 e. The second-order valence-electron chi connectivity index (χ2n) is 4.11. The van der Waals surface area contributed by atoms with Gasteiger partial charge in [-0.3, -0.25) is 0 Å². The third-order valence-corrected chi connectivity index (χ3v) is 2.46. The topological polar surface area (TPSA) is 26.3 Å². The van der Waals surface area contributed by atoms with Crippen LogP contribution >= 0.6 is 0 Å². The largest absolute Gasteiger partial charge is 0.490 e. The lowest BCUT2D eigenvalue weighted by molar-refractivity contribution is -0.199. The Kier molecular flexibility index (Phi) is 8.90. The fourth-order valence-electron chi connectivity index (χ4n) is 1.48. The van der Waals surface area contributed by atoms with Crippen LogP contribution in [-0.2, 0) is 9.53 Å². The molecule has 0 aromatic rings. The van der Waals surface area contributed by atoms with E-state index in [9.17, 15) is 18.0 Å². The molecule has 0 amide bonds. The molecule has 0 bridgehead atoms. The van der Waals surface area contributed by atoms with Crippen LogP contribution in [0.15, 0.2) is 0 Å². The molecule has 0 spiro atoms. The molecule has 2 nitrogen and oxygen atoms in total. The van der Waals surface area contributed by atoms with Crippen molar-refractivity contribution in [2.45, 2.75) is 64.5 Å². The van der Waals surface area contributed by atoms with Crippen LogP contribution in [0.5, 0.6) is 0 Å². The minimum absolute atomic E-state index is 0.132. The van der Waals surface area contributed by atoms with Crippen LogP contribution in [-0.4, -0.2) is 18.8 Å². The van der Waals surface area contributed by atoms with Crippen molar-refractivity contribution in [3.8, 4) is 0 Å². The lowest BCUT2D eigenvalue weighted by Crippen LogP contribution is -2.25. The number of carbonyl (C=O) groups is 1. The van der Waals surface area contributed by atoms with Crippen LogP contribution in [0.2, 0.25) is 0 Å². The molecule has 0 aliphatic carbocycles. The van der Waals surface area contributed by atoms with Gasteiger partial charge in [-0.1, -0.05) is 51.9 Å². The number of alkyl halides is 3. The monoisotopic (exact) mass is 254 g/mol. The highest BCUT2D eigenvalue weighted by Gasteiger charge is 2.40. The first-order valence-corrected chi connectivity index (χ1v) is 6.22. The number of unbranched alkanes of at least 4 members (excludes halogenated alkanes) is 7. The molecule has 0 aliphatic heterocycles. The molecule has 17 heavy (non-hydrogen) atoms. The Morgan fingerprint density at radius 3 is 1.88 bits per heavy atom. The average molecular weight is 254 g/mol. The summed E-state index contributed by atoms with van der Waals surface area (Å²) in [5, 5.41) is 0. The molecule has 0 fully saturated rings. The Balaban J connectivity index is 3.22. The molecule has 0 aromatic heterocycles. The van der Waals surface area contributed by atoms with Gasteiger partial charge in [-0.25, -0.2) is 4.79 Å². The summed E-state index contributed by atoms with van der Waals surface area (Å²) in [6, 6.07) is 0. The third-order valence-electron chi connectivity index (χ3n) is 2.46. The van der Waals surface area contributed by atoms with Crippen molar-refractivity contribution in [1.29, 1.82) is 0 Å². The predicted octanol–water partition coefficient (Wildman–Crippen LogP) is 4.23. The Labute approximate surface area is 101 Å². The van der Waals surface area contributed by atoms with Gasteiger partial charge in [0.15, 0.2) is 0 Å². The molecule has 0 rings (SSSR count). The number of halogens is 3. The summed E-state index contributed by atoms with van der Waals surface area (Å²) in [5.74, 6) is -2.08. The Morgan fingerprint density at radius 2 is 1.41 bits per heavy atom. The molecular formula is C12H21F3O2. The maximum Gasteiger partial charge on any atom is 0.490 e. The van der Waals surface area contributed by atoms with Crippen LogP contribution in [0.25, 0.3) is 0 Å². The summed E-state index contributed by atoms with van der Waals surface area (Å²) in [7, 11) is 0. The standard InChI is InChI=1S/C12H21F3O2/c1-2-3-4-5-6-7-8-9-10-17-11(16)12(13,14)15/h2-10H2,1H3. The number of hydrogen-bond acceptors (Lipinski definition) is 2. The van der Waals surface area contributed by atoms with Crippen molar-refractivity contribution >= 4 is 5.97 Å². The zero-order valence-corrected chi connectivity index (χ0v) is 10.3. The summed E-state index contributed by atoms with van der Waals surface area (Å²) in [6.45, 7) is 2.02. The van der Waals surface area contributed by atoms with E-state index in [4.69, 9.17) is 0 Å². The van der Waals surface area contributed by atoms with Gasteiger partial charge in [0.1, 0.15) is 0 Å². The lowest BCUT2D eigenvalue weighted by atomic mass is 10.1. The first-order valence-electron chi connectivity index (χ1n) is 6.22. The summed E-state index contributed by atoms with van der Waals surface area (Å²) in [4.78, 5) is 10.3. The normalized spacial score (nSPS) is 11.5. The van der Waals surface area contributed by atoms with Gasteiger partial charge in [-0.15, -0.1) is 0 Å². The van der Waals surface area contributed by atoms with Crippen molar-refractivity contribution in [2.75, 3.05) is 6.61 Å². The zero-order valence-electron chi connectivity index (χ0n) is 10.3. The van der Waals surface area contributed by atoms with Crippen LogP contribution in [0.3, 0.4) is 0 Å². The number of hydrogen-bond donors (Lipinski definition) is 0. The molecule has 102 valence electrons. The molecule has 0 saturated heterocycles. The third kappa shape index (κ3) is 10.1. The van der Waals surface area contributed by atoms with Crippen LogP contribution in [0.4, 0.5) is 13.2 Å². The van der Waals surface area contributed by atoms with E-state index in [1.54, 1.807) is 0 Å². The van der Waals surface area contributed by atoms with Crippen molar-refractivity contribution < 1.29 is 22.7 Å². The van der Waals surface area contributed by atoms with E-state index in [1.165, 1.54) is 25.7 Å². The van der Waals surface area contributed by atoms with Gasteiger partial charge in [0.25, 0.3) is 0 Å². The molecule has 0 aliphatic rings. The SMILES string of the molecule is CCCCCCCCCCOC(=O)C(F)(F)F. The Morgan fingerprint density at radius 1 is 0.941 bits per heavy atom. The van der Waals surface area contributed by atoms with Gasteiger partial charge in [-0.2, -0.15) is 13.2 Å². The summed E-state index contributed by atoms with van der Waals surface area (Å²) in [5.41, 5.74) is 0. The molecule has 0 saturated carbocycles. The zero-order chi connectivity index (χ0) is 13.1. The van der Waals surface area contributed by atoms with Crippen molar-refractivity contribution in [1.82, 2.24) is 0 Å². The minimum atomic E-state index is -4.86. The number of esters is 1. The fraction of sp³-hybridized carbons (Fsp3) is 0.917. The number of rotatable bonds is 9. The first-order chi connectivity index (χ1) is 7.98. The van der Waals surface area contributed by atoms with E-state index >= 15 is 0 Å². The van der Waals surface area contributed by atoms with E-state index in [1.807, 2.05) is 0 Å². The average Bonchev–Trinajstić information content (AvgIpc) is 2.25. The second kappa shape index (κ2) is 9.31.